The van der Waals surface area contributed by atoms with Gasteiger partial charge in [-0.05, 0) is 44.9 Å². The molecule has 0 aliphatic rings. The zero-order valence-electron chi connectivity index (χ0n) is 10.1. The van der Waals surface area contributed by atoms with E-state index >= 15 is 0 Å². The minimum Gasteiger partial charge on any atom is -0.385 e. The van der Waals surface area contributed by atoms with Gasteiger partial charge in [0.2, 0.25) is 0 Å². The van der Waals surface area contributed by atoms with Crippen LogP contribution in [0.4, 0.5) is 14.5 Å². The lowest BCUT2D eigenvalue weighted by atomic mass is 9.90. The van der Waals surface area contributed by atoms with Crippen molar-refractivity contribution in [1.29, 1.82) is 5.26 Å². The van der Waals surface area contributed by atoms with Gasteiger partial charge in [0.15, 0.2) is 11.6 Å². The molecule has 1 aromatic carbocycles. The fourth-order valence-corrected chi connectivity index (χ4v) is 1.43. The molecule has 0 unspecified atom stereocenters. The second kappa shape index (κ2) is 5.62. The van der Waals surface area contributed by atoms with E-state index in [0.717, 1.165) is 25.0 Å². The van der Waals surface area contributed by atoms with Crippen molar-refractivity contribution in [1.82, 2.24) is 0 Å². The van der Waals surface area contributed by atoms with Crippen molar-refractivity contribution < 1.29 is 8.78 Å². The Bertz CT molecular complexity index is 422. The summed E-state index contributed by atoms with van der Waals surface area (Å²) in [4.78, 5) is 0. The Labute approximate surface area is 100 Å². The third-order valence-electron chi connectivity index (χ3n) is 2.53. The van der Waals surface area contributed by atoms with Crippen LogP contribution >= 0.6 is 0 Å². The molecular weight excluding hydrogens is 222 g/mol. The molecule has 0 saturated carbocycles. The normalized spacial score (nSPS) is 11.0. The van der Waals surface area contributed by atoms with Gasteiger partial charge in [0.05, 0.1) is 11.5 Å². The summed E-state index contributed by atoms with van der Waals surface area (Å²) in [6.07, 6.45) is 1.57. The molecule has 0 heterocycles. The molecule has 17 heavy (non-hydrogen) atoms. The standard InChI is InChI=1S/C13H16F2N2/c1-13(2,9-16)6-3-7-17-10-4-5-11(14)12(15)8-10/h4-5,8,17H,3,6-7H2,1-2H3. The highest BCUT2D eigenvalue weighted by molar-refractivity contribution is 5.43. The number of rotatable bonds is 5. The van der Waals surface area contributed by atoms with Gasteiger partial charge in [-0.3, -0.25) is 0 Å². The van der Waals surface area contributed by atoms with Crippen LogP contribution in [0.1, 0.15) is 26.7 Å². The lowest BCUT2D eigenvalue weighted by Gasteiger charge is -2.15. The zero-order valence-corrected chi connectivity index (χ0v) is 10.1. The quantitative estimate of drug-likeness (QED) is 0.794. The highest BCUT2D eigenvalue weighted by Gasteiger charge is 2.15. The molecule has 2 nitrogen and oxygen atoms in total. The minimum atomic E-state index is -0.854. The summed E-state index contributed by atoms with van der Waals surface area (Å²) in [6.45, 7) is 4.39. The third kappa shape index (κ3) is 4.39. The highest BCUT2D eigenvalue weighted by atomic mass is 19.2. The minimum absolute atomic E-state index is 0.338. The monoisotopic (exact) mass is 238 g/mol. The van der Waals surface area contributed by atoms with E-state index in [9.17, 15) is 8.78 Å². The van der Waals surface area contributed by atoms with Crippen LogP contribution in [0.5, 0.6) is 0 Å². The molecule has 1 N–H and O–H groups in total. The van der Waals surface area contributed by atoms with Gasteiger partial charge in [0, 0.05) is 12.2 Å². The van der Waals surface area contributed by atoms with Crippen LogP contribution in [0, 0.1) is 28.4 Å². The van der Waals surface area contributed by atoms with E-state index in [4.69, 9.17) is 5.26 Å². The predicted octanol–water partition coefficient (Wildman–Crippen LogP) is 3.71. The van der Waals surface area contributed by atoms with Crippen molar-refractivity contribution in [2.75, 3.05) is 11.9 Å². The number of hydrogen-bond acceptors (Lipinski definition) is 2. The molecule has 0 fully saturated rings. The molecule has 4 heteroatoms. The van der Waals surface area contributed by atoms with E-state index < -0.39 is 11.6 Å². The number of halogens is 2. The van der Waals surface area contributed by atoms with Gasteiger partial charge >= 0.3 is 0 Å². The van der Waals surface area contributed by atoms with E-state index in [-0.39, 0.29) is 5.41 Å². The van der Waals surface area contributed by atoms with Crippen LogP contribution < -0.4 is 5.32 Å². The van der Waals surface area contributed by atoms with E-state index in [2.05, 4.69) is 11.4 Å². The maximum absolute atomic E-state index is 12.9. The smallest absolute Gasteiger partial charge is 0.160 e. The molecular formula is C13H16F2N2. The maximum Gasteiger partial charge on any atom is 0.160 e. The summed E-state index contributed by atoms with van der Waals surface area (Å²) in [6, 6.07) is 5.94. The van der Waals surface area contributed by atoms with Crippen LogP contribution in [-0.2, 0) is 0 Å². The number of benzene rings is 1. The van der Waals surface area contributed by atoms with Crippen molar-refractivity contribution in [2.45, 2.75) is 26.7 Å². The first-order chi connectivity index (χ1) is 7.94. The summed E-state index contributed by atoms with van der Waals surface area (Å²) < 4.78 is 25.5. The lowest BCUT2D eigenvalue weighted by molar-refractivity contribution is 0.441. The molecule has 1 rings (SSSR count). The first-order valence-corrected chi connectivity index (χ1v) is 5.55. The fraction of sp³-hybridized carbons (Fsp3) is 0.462. The van der Waals surface area contributed by atoms with Crippen molar-refractivity contribution >= 4 is 5.69 Å². The largest absolute Gasteiger partial charge is 0.385 e. The molecule has 0 radical (unpaired) electrons. The molecule has 0 aliphatic heterocycles. The number of nitrogens with one attached hydrogen (secondary N) is 1. The van der Waals surface area contributed by atoms with Crippen LogP contribution in [0.3, 0.4) is 0 Å². The second-order valence-corrected chi connectivity index (χ2v) is 4.65. The van der Waals surface area contributed by atoms with E-state index in [1.54, 1.807) is 0 Å². The van der Waals surface area contributed by atoms with Gasteiger partial charge in [0.25, 0.3) is 0 Å². The zero-order chi connectivity index (χ0) is 12.9. The lowest BCUT2D eigenvalue weighted by Crippen LogP contribution is -2.11. The Hall–Kier alpha value is -1.63. The van der Waals surface area contributed by atoms with Crippen LogP contribution in [0.25, 0.3) is 0 Å². The molecule has 0 amide bonds. The van der Waals surface area contributed by atoms with Gasteiger partial charge in [-0.2, -0.15) is 5.26 Å². The van der Waals surface area contributed by atoms with Gasteiger partial charge < -0.3 is 5.32 Å². The highest BCUT2D eigenvalue weighted by Crippen LogP contribution is 2.20. The summed E-state index contributed by atoms with van der Waals surface area (Å²) in [7, 11) is 0. The Morgan fingerprint density at radius 1 is 1.29 bits per heavy atom. The summed E-state index contributed by atoms with van der Waals surface area (Å²) in [5.74, 6) is -1.70. The topological polar surface area (TPSA) is 35.8 Å². The third-order valence-corrected chi connectivity index (χ3v) is 2.53. The number of nitrogens with zero attached hydrogens (tertiary/aromatic N) is 1. The maximum atomic E-state index is 12.9. The van der Waals surface area contributed by atoms with Gasteiger partial charge in [-0.25, -0.2) is 8.78 Å². The van der Waals surface area contributed by atoms with Crippen molar-refractivity contribution in [3.63, 3.8) is 0 Å². The average Bonchev–Trinajstić information content (AvgIpc) is 2.29. The molecule has 0 aromatic heterocycles. The molecule has 0 aliphatic carbocycles. The first kappa shape index (κ1) is 13.4. The molecule has 0 saturated heterocycles. The first-order valence-electron chi connectivity index (χ1n) is 5.55. The Kier molecular flexibility index (Phi) is 4.45. The van der Waals surface area contributed by atoms with E-state index in [0.29, 0.717) is 12.2 Å². The van der Waals surface area contributed by atoms with E-state index in [1.165, 1.54) is 6.07 Å². The van der Waals surface area contributed by atoms with Gasteiger partial charge in [-0.15, -0.1) is 0 Å². The molecule has 0 bridgehead atoms. The summed E-state index contributed by atoms with van der Waals surface area (Å²) in [5, 5.41) is 11.8. The fourth-order valence-electron chi connectivity index (χ4n) is 1.43. The Balaban J connectivity index is 2.37. The van der Waals surface area contributed by atoms with Crippen molar-refractivity contribution in [3.8, 4) is 6.07 Å². The molecule has 92 valence electrons. The van der Waals surface area contributed by atoms with Crippen molar-refractivity contribution in [3.05, 3.63) is 29.8 Å². The van der Waals surface area contributed by atoms with Crippen LogP contribution in [0.15, 0.2) is 18.2 Å². The number of hydrogen-bond donors (Lipinski definition) is 1. The average molecular weight is 238 g/mol. The second-order valence-electron chi connectivity index (χ2n) is 4.65. The SMILES string of the molecule is CC(C)(C#N)CCCNc1ccc(F)c(F)c1. The van der Waals surface area contributed by atoms with Gasteiger partial charge in [-0.1, -0.05) is 0 Å². The summed E-state index contributed by atoms with van der Waals surface area (Å²) >= 11 is 0. The molecule has 1 aromatic rings. The molecule has 0 atom stereocenters. The number of nitriles is 1. The summed E-state index contributed by atoms with van der Waals surface area (Å²) in [5.41, 5.74) is 0.217. The van der Waals surface area contributed by atoms with Crippen LogP contribution in [0.2, 0.25) is 0 Å². The van der Waals surface area contributed by atoms with Crippen LogP contribution in [-0.4, -0.2) is 6.54 Å². The Morgan fingerprint density at radius 3 is 2.59 bits per heavy atom. The van der Waals surface area contributed by atoms with Gasteiger partial charge in [0.1, 0.15) is 0 Å². The Morgan fingerprint density at radius 2 is 2.00 bits per heavy atom. The number of anilines is 1. The van der Waals surface area contributed by atoms with E-state index in [1.807, 2.05) is 13.8 Å². The molecule has 0 spiro atoms. The predicted molar refractivity (Wildman–Crippen MR) is 63.5 cm³/mol. The van der Waals surface area contributed by atoms with Crippen molar-refractivity contribution in [2.24, 2.45) is 5.41 Å².